The van der Waals surface area contributed by atoms with Crippen molar-refractivity contribution in [3.8, 4) is 11.1 Å². The van der Waals surface area contributed by atoms with Crippen molar-refractivity contribution in [2.75, 3.05) is 13.2 Å². The van der Waals surface area contributed by atoms with Crippen LogP contribution < -0.4 is 5.32 Å². The number of amides is 1. The van der Waals surface area contributed by atoms with E-state index in [2.05, 4.69) is 20.3 Å². The second-order valence-corrected chi connectivity index (χ2v) is 6.03. The molecule has 1 aliphatic heterocycles. The number of hydrogen-bond donors (Lipinski definition) is 1. The van der Waals surface area contributed by atoms with E-state index in [0.29, 0.717) is 12.2 Å². The molecule has 0 spiro atoms. The highest BCUT2D eigenvalue weighted by Gasteiger charge is 2.18. The zero-order valence-corrected chi connectivity index (χ0v) is 13.7. The average molecular weight is 334 g/mol. The Labute approximate surface area is 145 Å². The van der Waals surface area contributed by atoms with Crippen LogP contribution in [0.4, 0.5) is 0 Å². The average Bonchev–Trinajstić information content (AvgIpc) is 3.19. The Morgan fingerprint density at radius 3 is 2.84 bits per heavy atom. The smallest absolute Gasteiger partial charge is 0.270 e. The topological polar surface area (TPSA) is 77.0 Å². The molecule has 0 saturated carbocycles. The second-order valence-electron chi connectivity index (χ2n) is 6.03. The van der Waals surface area contributed by atoms with Crippen molar-refractivity contribution in [1.82, 2.24) is 20.3 Å². The van der Waals surface area contributed by atoms with Gasteiger partial charge in [0.15, 0.2) is 0 Å². The monoisotopic (exact) mass is 334 g/mol. The lowest BCUT2D eigenvalue weighted by Gasteiger charge is -2.12. The van der Waals surface area contributed by atoms with E-state index < -0.39 is 0 Å². The number of fused-ring (bicyclic) bond motifs is 1. The van der Waals surface area contributed by atoms with Crippen molar-refractivity contribution >= 4 is 16.8 Å². The molecule has 0 aliphatic carbocycles. The molecule has 1 fully saturated rings. The number of pyridine rings is 3. The number of rotatable bonds is 4. The van der Waals surface area contributed by atoms with E-state index in [4.69, 9.17) is 4.74 Å². The number of aromatic nitrogens is 3. The van der Waals surface area contributed by atoms with E-state index in [-0.39, 0.29) is 12.0 Å². The molecule has 1 aliphatic rings. The number of nitrogens with zero attached hydrogens (tertiary/aromatic N) is 3. The summed E-state index contributed by atoms with van der Waals surface area (Å²) in [5, 5.41) is 3.84. The van der Waals surface area contributed by atoms with Crippen LogP contribution in [0, 0.1) is 0 Å². The van der Waals surface area contributed by atoms with Gasteiger partial charge in [-0.3, -0.25) is 14.8 Å². The Kier molecular flexibility index (Phi) is 4.35. The molecule has 1 atom stereocenters. The molecule has 0 unspecified atom stereocenters. The number of ether oxygens (including phenoxy) is 1. The molecule has 3 aromatic heterocycles. The normalized spacial score (nSPS) is 16.9. The van der Waals surface area contributed by atoms with Crippen LogP contribution in [0.1, 0.15) is 23.3 Å². The lowest BCUT2D eigenvalue weighted by molar-refractivity contribution is 0.0854. The van der Waals surface area contributed by atoms with Crippen molar-refractivity contribution in [3.05, 3.63) is 54.7 Å². The molecule has 4 rings (SSSR count). The molecule has 25 heavy (non-hydrogen) atoms. The number of carbonyl (C=O) groups excluding carboxylic acids is 1. The van der Waals surface area contributed by atoms with Gasteiger partial charge < -0.3 is 10.1 Å². The molecule has 4 heterocycles. The third kappa shape index (κ3) is 3.34. The Morgan fingerprint density at radius 2 is 2.04 bits per heavy atom. The Morgan fingerprint density at radius 1 is 1.20 bits per heavy atom. The Bertz CT molecular complexity index is 892. The van der Waals surface area contributed by atoms with Gasteiger partial charge in [0.05, 0.1) is 11.6 Å². The predicted octanol–water partition coefficient (Wildman–Crippen LogP) is 2.60. The van der Waals surface area contributed by atoms with E-state index in [1.165, 1.54) is 0 Å². The summed E-state index contributed by atoms with van der Waals surface area (Å²) in [6.07, 6.45) is 9.05. The third-order valence-electron chi connectivity index (χ3n) is 4.35. The van der Waals surface area contributed by atoms with Crippen molar-refractivity contribution in [2.24, 2.45) is 0 Å². The second kappa shape index (κ2) is 6.94. The summed E-state index contributed by atoms with van der Waals surface area (Å²) in [6.45, 7) is 1.29. The fraction of sp³-hybridized carbons (Fsp3) is 0.263. The highest BCUT2D eigenvalue weighted by atomic mass is 16.5. The summed E-state index contributed by atoms with van der Waals surface area (Å²) in [7, 11) is 0. The first-order valence-corrected chi connectivity index (χ1v) is 8.36. The zero-order valence-electron chi connectivity index (χ0n) is 13.7. The van der Waals surface area contributed by atoms with E-state index in [0.717, 1.165) is 41.5 Å². The van der Waals surface area contributed by atoms with Crippen LogP contribution in [0.25, 0.3) is 22.0 Å². The van der Waals surface area contributed by atoms with E-state index in [1.807, 2.05) is 24.3 Å². The van der Waals surface area contributed by atoms with Gasteiger partial charge in [0, 0.05) is 43.3 Å². The number of carbonyl (C=O) groups is 1. The van der Waals surface area contributed by atoms with Crippen LogP contribution in [0.5, 0.6) is 0 Å². The van der Waals surface area contributed by atoms with Gasteiger partial charge in [-0.2, -0.15) is 0 Å². The standard InChI is InChI=1S/C19H18N4O2/c24-19(22-11-14-2-1-9-25-14)18-10-15(13-3-6-20-7-4-13)16-12-21-8-5-17(16)23-18/h3-8,10,12,14H,1-2,9,11H2,(H,22,24)/t14-/m1/s1. The largest absolute Gasteiger partial charge is 0.376 e. The molecule has 6 nitrogen and oxygen atoms in total. The minimum Gasteiger partial charge on any atom is -0.376 e. The lowest BCUT2D eigenvalue weighted by Crippen LogP contribution is -2.32. The van der Waals surface area contributed by atoms with Crippen LogP contribution in [0.3, 0.4) is 0 Å². The quantitative estimate of drug-likeness (QED) is 0.793. The first-order chi connectivity index (χ1) is 12.3. The molecule has 0 radical (unpaired) electrons. The van der Waals surface area contributed by atoms with Crippen LogP contribution in [-0.2, 0) is 4.74 Å². The van der Waals surface area contributed by atoms with Gasteiger partial charge in [0.1, 0.15) is 5.69 Å². The summed E-state index contributed by atoms with van der Waals surface area (Å²) in [4.78, 5) is 25.3. The van der Waals surface area contributed by atoms with Gasteiger partial charge >= 0.3 is 0 Å². The summed E-state index contributed by atoms with van der Waals surface area (Å²) >= 11 is 0. The van der Waals surface area contributed by atoms with Gasteiger partial charge in [-0.15, -0.1) is 0 Å². The molecule has 0 bridgehead atoms. The van der Waals surface area contributed by atoms with E-state index in [9.17, 15) is 4.79 Å². The lowest BCUT2D eigenvalue weighted by atomic mass is 10.0. The molecular formula is C19H18N4O2. The van der Waals surface area contributed by atoms with Crippen LogP contribution in [0.15, 0.2) is 49.1 Å². The van der Waals surface area contributed by atoms with Crippen LogP contribution in [-0.4, -0.2) is 40.1 Å². The van der Waals surface area contributed by atoms with Crippen LogP contribution >= 0.6 is 0 Å². The Hall–Kier alpha value is -2.86. The first-order valence-electron chi connectivity index (χ1n) is 8.36. The van der Waals surface area contributed by atoms with Crippen molar-refractivity contribution in [2.45, 2.75) is 18.9 Å². The third-order valence-corrected chi connectivity index (χ3v) is 4.35. The fourth-order valence-electron chi connectivity index (χ4n) is 3.06. The maximum absolute atomic E-state index is 12.6. The maximum Gasteiger partial charge on any atom is 0.270 e. The summed E-state index contributed by atoms with van der Waals surface area (Å²) in [6, 6.07) is 7.45. The maximum atomic E-state index is 12.6. The summed E-state index contributed by atoms with van der Waals surface area (Å²) in [5.74, 6) is -0.190. The fourth-order valence-corrected chi connectivity index (χ4v) is 3.06. The highest BCUT2D eigenvalue weighted by Crippen LogP contribution is 2.27. The molecule has 1 saturated heterocycles. The number of hydrogen-bond acceptors (Lipinski definition) is 5. The minimum absolute atomic E-state index is 0.105. The molecule has 0 aromatic carbocycles. The number of nitrogens with one attached hydrogen (secondary N) is 1. The highest BCUT2D eigenvalue weighted by molar-refractivity contribution is 6.00. The zero-order chi connectivity index (χ0) is 17.1. The van der Waals surface area contributed by atoms with Crippen molar-refractivity contribution < 1.29 is 9.53 Å². The molecule has 6 heteroatoms. The van der Waals surface area contributed by atoms with Gasteiger partial charge in [-0.05, 0) is 48.2 Å². The van der Waals surface area contributed by atoms with Gasteiger partial charge in [-0.1, -0.05) is 0 Å². The van der Waals surface area contributed by atoms with Crippen molar-refractivity contribution in [3.63, 3.8) is 0 Å². The minimum atomic E-state index is -0.190. The SMILES string of the molecule is O=C(NC[C@H]1CCCO1)c1cc(-c2ccncc2)c2cnccc2n1. The molecular weight excluding hydrogens is 316 g/mol. The van der Waals surface area contributed by atoms with E-state index >= 15 is 0 Å². The van der Waals surface area contributed by atoms with Gasteiger partial charge in [-0.25, -0.2) is 4.98 Å². The molecule has 1 N–H and O–H groups in total. The molecule has 126 valence electrons. The van der Waals surface area contributed by atoms with Crippen molar-refractivity contribution in [1.29, 1.82) is 0 Å². The Balaban J connectivity index is 1.68. The predicted molar refractivity (Wildman–Crippen MR) is 94.1 cm³/mol. The summed E-state index contributed by atoms with van der Waals surface area (Å²) in [5.41, 5.74) is 3.03. The van der Waals surface area contributed by atoms with Gasteiger partial charge in [0.25, 0.3) is 5.91 Å². The van der Waals surface area contributed by atoms with E-state index in [1.54, 1.807) is 24.8 Å². The first kappa shape index (κ1) is 15.7. The molecule has 1 amide bonds. The van der Waals surface area contributed by atoms with Gasteiger partial charge in [0.2, 0.25) is 0 Å². The molecule has 3 aromatic rings. The summed E-state index contributed by atoms with van der Waals surface area (Å²) < 4.78 is 5.55. The van der Waals surface area contributed by atoms with Crippen LogP contribution in [0.2, 0.25) is 0 Å².